The Morgan fingerprint density at radius 3 is 2.78 bits per heavy atom. The number of hydrogen-bond donors (Lipinski definition) is 1. The van der Waals surface area contributed by atoms with Gasteiger partial charge in [-0.3, -0.25) is 0 Å². The monoisotopic (exact) mass is 145 g/mol. The van der Waals surface area contributed by atoms with Gasteiger partial charge < -0.3 is 10.2 Å². The molecule has 0 unspecified atom stereocenters. The fraction of sp³-hybridized carbons (Fsp3) is 0.500. The van der Waals surface area contributed by atoms with Gasteiger partial charge in [-0.1, -0.05) is 11.8 Å². The van der Waals surface area contributed by atoms with Gasteiger partial charge in [-0.05, 0) is 6.26 Å². The van der Waals surface area contributed by atoms with Crippen LogP contribution < -0.4 is 5.73 Å². The van der Waals surface area contributed by atoms with Gasteiger partial charge in [0.2, 0.25) is 5.89 Å². The van der Waals surface area contributed by atoms with E-state index in [1.165, 1.54) is 11.8 Å². The normalized spacial score (nSPS) is 10.0. The quantitative estimate of drug-likeness (QED) is 0.604. The van der Waals surface area contributed by atoms with Crippen LogP contribution >= 0.6 is 11.8 Å². The lowest BCUT2D eigenvalue weighted by Gasteiger charge is -1.81. The fourth-order valence-corrected chi connectivity index (χ4v) is 0.705. The molecule has 0 amide bonds. The second-order valence-corrected chi connectivity index (χ2v) is 2.13. The smallest absolute Gasteiger partial charge is 0.276 e. The Hall–Kier alpha value is -0.550. The van der Waals surface area contributed by atoms with Crippen molar-refractivity contribution in [1.82, 2.24) is 10.2 Å². The van der Waals surface area contributed by atoms with Gasteiger partial charge in [0.05, 0.1) is 6.54 Å². The van der Waals surface area contributed by atoms with E-state index >= 15 is 0 Å². The van der Waals surface area contributed by atoms with Gasteiger partial charge in [-0.15, -0.1) is 10.2 Å². The second-order valence-electron chi connectivity index (χ2n) is 1.37. The molecule has 1 rings (SSSR count). The molecule has 1 aromatic heterocycles. The van der Waals surface area contributed by atoms with E-state index < -0.39 is 0 Å². The van der Waals surface area contributed by atoms with E-state index in [1.54, 1.807) is 0 Å². The minimum Gasteiger partial charge on any atom is -0.415 e. The van der Waals surface area contributed by atoms with Crippen molar-refractivity contribution in [1.29, 1.82) is 0 Å². The van der Waals surface area contributed by atoms with Crippen molar-refractivity contribution in [2.24, 2.45) is 5.73 Å². The lowest BCUT2D eigenvalue weighted by Crippen LogP contribution is -1.95. The van der Waals surface area contributed by atoms with Crippen LogP contribution in [0.4, 0.5) is 0 Å². The molecule has 0 saturated carbocycles. The van der Waals surface area contributed by atoms with Crippen LogP contribution in [-0.4, -0.2) is 16.5 Å². The van der Waals surface area contributed by atoms with E-state index in [0.717, 1.165) is 0 Å². The topological polar surface area (TPSA) is 64.9 Å². The van der Waals surface area contributed by atoms with Crippen LogP contribution in [0.5, 0.6) is 0 Å². The summed E-state index contributed by atoms with van der Waals surface area (Å²) in [5.74, 6) is 0.486. The number of rotatable bonds is 2. The molecule has 1 aromatic rings. The minimum absolute atomic E-state index is 0.313. The van der Waals surface area contributed by atoms with Gasteiger partial charge in [0.25, 0.3) is 5.22 Å². The molecule has 0 aliphatic carbocycles. The number of nitrogens with zero attached hydrogens (tertiary/aromatic N) is 2. The molecule has 0 atom stereocenters. The van der Waals surface area contributed by atoms with Crippen molar-refractivity contribution in [2.45, 2.75) is 11.8 Å². The molecule has 0 aliphatic rings. The summed E-state index contributed by atoms with van der Waals surface area (Å²) in [4.78, 5) is 0. The molecule has 0 aromatic carbocycles. The zero-order chi connectivity index (χ0) is 6.69. The van der Waals surface area contributed by atoms with Crippen molar-refractivity contribution in [3.63, 3.8) is 0 Å². The summed E-state index contributed by atoms with van der Waals surface area (Å²) in [6.45, 7) is 0.313. The van der Waals surface area contributed by atoms with Gasteiger partial charge >= 0.3 is 0 Å². The van der Waals surface area contributed by atoms with E-state index in [2.05, 4.69) is 10.2 Å². The molecular weight excluding hydrogens is 138 g/mol. The molecule has 4 nitrogen and oxygen atoms in total. The molecule has 5 heteroatoms. The van der Waals surface area contributed by atoms with E-state index in [9.17, 15) is 0 Å². The third-order valence-electron chi connectivity index (χ3n) is 0.798. The van der Waals surface area contributed by atoms with Gasteiger partial charge in [0.1, 0.15) is 0 Å². The van der Waals surface area contributed by atoms with Crippen LogP contribution in [0, 0.1) is 0 Å². The number of thioether (sulfide) groups is 1. The summed E-state index contributed by atoms with van der Waals surface area (Å²) >= 11 is 1.41. The highest BCUT2D eigenvalue weighted by atomic mass is 32.2. The van der Waals surface area contributed by atoms with Gasteiger partial charge in [0, 0.05) is 0 Å². The standard InChI is InChI=1S/C4H7N3OS/c1-9-4-7-6-3(2-5)8-4/h2,5H2,1H3. The van der Waals surface area contributed by atoms with Crippen molar-refractivity contribution in [2.75, 3.05) is 6.26 Å². The fourth-order valence-electron chi connectivity index (χ4n) is 0.403. The Bertz CT molecular complexity index is 169. The first-order valence-corrected chi connectivity index (χ1v) is 3.65. The maximum absolute atomic E-state index is 5.21. The number of nitrogens with two attached hydrogens (primary N) is 1. The second kappa shape index (κ2) is 2.84. The number of hydrogen-bond acceptors (Lipinski definition) is 5. The molecule has 1 heterocycles. The maximum Gasteiger partial charge on any atom is 0.276 e. The van der Waals surface area contributed by atoms with Crippen LogP contribution in [0.3, 0.4) is 0 Å². The van der Waals surface area contributed by atoms with Crippen molar-refractivity contribution in [3.8, 4) is 0 Å². The highest BCUT2D eigenvalue weighted by Gasteiger charge is 1.99. The lowest BCUT2D eigenvalue weighted by molar-refractivity contribution is 0.415. The summed E-state index contributed by atoms with van der Waals surface area (Å²) in [5.41, 5.74) is 5.21. The van der Waals surface area contributed by atoms with E-state index in [1.807, 2.05) is 6.26 Å². The summed E-state index contributed by atoms with van der Waals surface area (Å²) in [6, 6.07) is 0. The van der Waals surface area contributed by atoms with E-state index in [-0.39, 0.29) is 0 Å². The Morgan fingerprint density at radius 1 is 1.67 bits per heavy atom. The molecule has 0 saturated heterocycles. The lowest BCUT2D eigenvalue weighted by atomic mass is 10.7. The van der Waals surface area contributed by atoms with Crippen molar-refractivity contribution < 1.29 is 4.42 Å². The predicted molar refractivity (Wildman–Crippen MR) is 34.0 cm³/mol. The average Bonchev–Trinajstić information content (AvgIpc) is 2.34. The van der Waals surface area contributed by atoms with Gasteiger partial charge in [0.15, 0.2) is 0 Å². The van der Waals surface area contributed by atoms with Gasteiger partial charge in [-0.2, -0.15) is 0 Å². The summed E-state index contributed by atoms with van der Waals surface area (Å²) in [6.07, 6.45) is 1.87. The zero-order valence-electron chi connectivity index (χ0n) is 5.00. The average molecular weight is 145 g/mol. The van der Waals surface area contributed by atoms with Crippen LogP contribution in [0.2, 0.25) is 0 Å². The molecular formula is C4H7N3OS. The van der Waals surface area contributed by atoms with Crippen LogP contribution in [0.25, 0.3) is 0 Å². The summed E-state index contributed by atoms with van der Waals surface area (Å²) in [7, 11) is 0. The third-order valence-corrected chi connectivity index (χ3v) is 1.31. The van der Waals surface area contributed by atoms with E-state index in [0.29, 0.717) is 17.7 Å². The first kappa shape index (κ1) is 6.57. The Labute approximate surface area is 56.8 Å². The molecule has 0 fully saturated rings. The third kappa shape index (κ3) is 1.43. The van der Waals surface area contributed by atoms with E-state index in [4.69, 9.17) is 10.2 Å². The first-order valence-electron chi connectivity index (χ1n) is 2.43. The highest BCUT2D eigenvalue weighted by Crippen LogP contribution is 2.10. The maximum atomic E-state index is 5.21. The van der Waals surface area contributed by atoms with Crippen molar-refractivity contribution in [3.05, 3.63) is 5.89 Å². The summed E-state index contributed by atoms with van der Waals surface area (Å²) in [5, 5.41) is 7.88. The van der Waals surface area contributed by atoms with Crippen LogP contribution in [-0.2, 0) is 6.54 Å². The number of aromatic nitrogens is 2. The Balaban J connectivity index is 2.74. The molecule has 50 valence electrons. The Kier molecular flexibility index (Phi) is 2.07. The Morgan fingerprint density at radius 2 is 2.44 bits per heavy atom. The molecule has 0 spiro atoms. The molecule has 0 radical (unpaired) electrons. The largest absolute Gasteiger partial charge is 0.415 e. The van der Waals surface area contributed by atoms with Crippen molar-refractivity contribution >= 4 is 11.8 Å². The van der Waals surface area contributed by atoms with Crippen LogP contribution in [0.1, 0.15) is 5.89 Å². The summed E-state index contributed by atoms with van der Waals surface area (Å²) < 4.78 is 5.00. The highest BCUT2D eigenvalue weighted by molar-refractivity contribution is 7.98. The molecule has 9 heavy (non-hydrogen) atoms. The zero-order valence-corrected chi connectivity index (χ0v) is 5.81. The molecule has 2 N–H and O–H groups in total. The first-order chi connectivity index (χ1) is 4.36. The predicted octanol–water partition coefficient (Wildman–Crippen LogP) is 0.250. The minimum atomic E-state index is 0.313. The molecule has 0 bridgehead atoms. The molecule has 0 aliphatic heterocycles. The van der Waals surface area contributed by atoms with Crippen LogP contribution in [0.15, 0.2) is 9.64 Å². The SMILES string of the molecule is CSc1nnc(CN)o1. The van der Waals surface area contributed by atoms with Gasteiger partial charge in [-0.25, -0.2) is 0 Å².